The molecule has 0 amide bonds. The Morgan fingerprint density at radius 3 is 2.33 bits per heavy atom. The highest BCUT2D eigenvalue weighted by atomic mass is 79.9. The molecule has 3 saturated carbocycles. The van der Waals surface area contributed by atoms with Crippen LogP contribution in [0.3, 0.4) is 0 Å². The van der Waals surface area contributed by atoms with Crippen molar-refractivity contribution in [2.24, 2.45) is 22.2 Å². The largest absolute Gasteiger partial charge is 0.390 e. The first-order valence-corrected chi connectivity index (χ1v) is 11.1. The van der Waals surface area contributed by atoms with E-state index in [0.29, 0.717) is 11.2 Å². The molecule has 7 atom stereocenters. The summed E-state index contributed by atoms with van der Waals surface area (Å²) < 4.78 is 0. The predicted molar refractivity (Wildman–Crippen MR) is 107 cm³/mol. The summed E-state index contributed by atoms with van der Waals surface area (Å²) in [5, 5.41) is 21.8. The minimum atomic E-state index is -1.04. The highest BCUT2D eigenvalue weighted by Crippen LogP contribution is 2.68. The molecule has 3 rings (SSSR count). The van der Waals surface area contributed by atoms with Crippen molar-refractivity contribution >= 4 is 31.9 Å². The molecule has 0 heterocycles. The summed E-state index contributed by atoms with van der Waals surface area (Å²) in [6.45, 7) is 13.4. The molecule has 3 fully saturated rings. The van der Waals surface area contributed by atoms with Crippen LogP contribution in [0.5, 0.6) is 0 Å². The first-order valence-electron chi connectivity index (χ1n) is 9.26. The molecule has 1 spiro atoms. The summed E-state index contributed by atoms with van der Waals surface area (Å²) in [6, 6.07) is 0. The summed E-state index contributed by atoms with van der Waals surface area (Å²) in [5.41, 5.74) is 0.472. The number of hydrogen-bond acceptors (Lipinski definition) is 2. The quantitative estimate of drug-likeness (QED) is 0.383. The molecule has 24 heavy (non-hydrogen) atoms. The molecule has 0 aromatic carbocycles. The lowest BCUT2D eigenvalue weighted by Crippen LogP contribution is -2.65. The summed E-state index contributed by atoms with van der Waals surface area (Å²) in [4.78, 5) is 0.723. The lowest BCUT2D eigenvalue weighted by Gasteiger charge is -2.65. The van der Waals surface area contributed by atoms with Gasteiger partial charge < -0.3 is 10.2 Å². The Balaban J connectivity index is 2.06. The Labute approximate surface area is 163 Å². The zero-order valence-corrected chi connectivity index (χ0v) is 18.6. The average molecular weight is 464 g/mol. The molecule has 0 aromatic rings. The van der Waals surface area contributed by atoms with Crippen molar-refractivity contribution in [3.05, 3.63) is 12.2 Å². The van der Waals surface area contributed by atoms with E-state index in [4.69, 9.17) is 0 Å². The van der Waals surface area contributed by atoms with Crippen LogP contribution in [0.15, 0.2) is 12.2 Å². The van der Waals surface area contributed by atoms with Gasteiger partial charge in [0.05, 0.1) is 11.7 Å². The maximum atomic E-state index is 11.2. The van der Waals surface area contributed by atoms with Crippen LogP contribution in [0.25, 0.3) is 0 Å². The molecule has 2 nitrogen and oxygen atoms in total. The van der Waals surface area contributed by atoms with Gasteiger partial charge >= 0.3 is 0 Å². The van der Waals surface area contributed by atoms with Crippen molar-refractivity contribution in [3.63, 3.8) is 0 Å². The number of aliphatic hydroxyl groups is 2. The highest BCUT2D eigenvalue weighted by molar-refractivity contribution is 9.09. The number of fused-ring (bicyclic) bond motifs is 1. The summed E-state index contributed by atoms with van der Waals surface area (Å²) in [6.07, 6.45) is 5.26. The molecule has 5 unspecified atom stereocenters. The molecule has 0 aliphatic heterocycles. The molecule has 0 radical (unpaired) electrons. The normalized spacial score (nSPS) is 54.6. The van der Waals surface area contributed by atoms with Gasteiger partial charge in [-0.05, 0) is 67.6 Å². The fourth-order valence-corrected chi connectivity index (χ4v) is 7.66. The topological polar surface area (TPSA) is 40.5 Å². The lowest BCUT2D eigenvalue weighted by molar-refractivity contribution is -0.198. The Hall–Kier alpha value is 0.620. The minimum Gasteiger partial charge on any atom is -0.390 e. The molecule has 2 N–H and O–H groups in total. The van der Waals surface area contributed by atoms with Gasteiger partial charge in [0.2, 0.25) is 0 Å². The van der Waals surface area contributed by atoms with E-state index < -0.39 is 11.7 Å². The van der Waals surface area contributed by atoms with E-state index in [2.05, 4.69) is 59.2 Å². The van der Waals surface area contributed by atoms with Gasteiger partial charge in [0, 0.05) is 9.65 Å². The summed E-state index contributed by atoms with van der Waals surface area (Å²) in [7, 11) is 0. The van der Waals surface area contributed by atoms with Crippen molar-refractivity contribution in [1.29, 1.82) is 0 Å². The molecule has 3 aliphatic carbocycles. The van der Waals surface area contributed by atoms with Gasteiger partial charge in [-0.1, -0.05) is 64.8 Å². The number of alkyl halides is 2. The standard InChI is InChI=1S/C20H32Br2O2/c1-12-6-7-14(21)17(2,3)20(12)9-8-18(4)13(11-20)19(5,24)16(23)10-15(18)22/h13-16,23-24H,1,6-11H2,2-5H3/t13?,14-,15?,16?,18?,19?,20-/m0/s1. The lowest BCUT2D eigenvalue weighted by atomic mass is 9.42. The van der Waals surface area contributed by atoms with Gasteiger partial charge in [0.1, 0.15) is 0 Å². The third kappa shape index (κ3) is 2.38. The third-order valence-electron chi connectivity index (χ3n) is 8.36. The van der Waals surface area contributed by atoms with Crippen LogP contribution in [0.1, 0.15) is 66.2 Å². The Bertz CT molecular complexity index is 544. The second-order valence-corrected chi connectivity index (χ2v) is 11.8. The van der Waals surface area contributed by atoms with E-state index in [1.807, 2.05) is 6.92 Å². The van der Waals surface area contributed by atoms with Gasteiger partial charge in [0.15, 0.2) is 0 Å². The van der Waals surface area contributed by atoms with Crippen molar-refractivity contribution in [3.8, 4) is 0 Å². The van der Waals surface area contributed by atoms with E-state index >= 15 is 0 Å². The molecule has 3 aliphatic rings. The van der Waals surface area contributed by atoms with Crippen LogP contribution in [0, 0.1) is 22.2 Å². The summed E-state index contributed by atoms with van der Waals surface area (Å²) >= 11 is 7.78. The minimum absolute atomic E-state index is 0.0175. The first kappa shape index (κ1) is 19.4. The van der Waals surface area contributed by atoms with Crippen LogP contribution in [0.4, 0.5) is 0 Å². The molecule has 4 heteroatoms. The Morgan fingerprint density at radius 1 is 1.08 bits per heavy atom. The number of allylic oxidation sites excluding steroid dienone is 1. The predicted octanol–water partition coefficient (Wildman–Crippen LogP) is 5.20. The highest BCUT2D eigenvalue weighted by Gasteiger charge is 2.65. The number of aliphatic hydroxyl groups excluding tert-OH is 1. The third-order valence-corrected chi connectivity index (χ3v) is 11.4. The Kier molecular flexibility index (Phi) is 4.69. The van der Waals surface area contributed by atoms with Crippen LogP contribution >= 0.6 is 31.9 Å². The van der Waals surface area contributed by atoms with Crippen LogP contribution in [0.2, 0.25) is 0 Å². The van der Waals surface area contributed by atoms with Gasteiger partial charge in [-0.2, -0.15) is 0 Å². The molecule has 0 bridgehead atoms. The number of hydrogen-bond donors (Lipinski definition) is 2. The number of halogens is 2. The number of rotatable bonds is 0. The molecule has 138 valence electrons. The fraction of sp³-hybridized carbons (Fsp3) is 0.900. The van der Waals surface area contributed by atoms with Gasteiger partial charge in [-0.25, -0.2) is 0 Å². The molecular weight excluding hydrogens is 432 g/mol. The van der Waals surface area contributed by atoms with Crippen LogP contribution in [-0.4, -0.2) is 31.6 Å². The van der Waals surface area contributed by atoms with E-state index in [0.717, 1.165) is 32.1 Å². The smallest absolute Gasteiger partial charge is 0.0911 e. The average Bonchev–Trinajstić information content (AvgIpc) is 2.49. The van der Waals surface area contributed by atoms with Gasteiger partial charge in [0.25, 0.3) is 0 Å². The van der Waals surface area contributed by atoms with Crippen molar-refractivity contribution < 1.29 is 10.2 Å². The molecular formula is C20H32Br2O2. The molecule has 0 saturated heterocycles. The zero-order valence-electron chi connectivity index (χ0n) is 15.4. The fourth-order valence-electron chi connectivity index (χ4n) is 6.09. The van der Waals surface area contributed by atoms with Crippen LogP contribution < -0.4 is 0 Å². The van der Waals surface area contributed by atoms with Gasteiger partial charge in [-0.3, -0.25) is 0 Å². The summed E-state index contributed by atoms with van der Waals surface area (Å²) in [5.74, 6) is 0.0701. The van der Waals surface area contributed by atoms with Crippen LogP contribution in [-0.2, 0) is 0 Å². The monoisotopic (exact) mass is 462 g/mol. The molecule has 0 aromatic heterocycles. The zero-order chi connectivity index (χ0) is 18.1. The maximum absolute atomic E-state index is 11.2. The maximum Gasteiger partial charge on any atom is 0.0911 e. The van der Waals surface area contributed by atoms with E-state index in [1.165, 1.54) is 5.57 Å². The van der Waals surface area contributed by atoms with Gasteiger partial charge in [-0.15, -0.1) is 0 Å². The van der Waals surface area contributed by atoms with E-state index in [9.17, 15) is 10.2 Å². The first-order chi connectivity index (χ1) is 10.9. The van der Waals surface area contributed by atoms with E-state index in [1.54, 1.807) is 0 Å². The second kappa shape index (κ2) is 5.81. The van der Waals surface area contributed by atoms with E-state index in [-0.39, 0.29) is 27.0 Å². The van der Waals surface area contributed by atoms with Crippen molar-refractivity contribution in [2.75, 3.05) is 0 Å². The van der Waals surface area contributed by atoms with Crippen molar-refractivity contribution in [1.82, 2.24) is 0 Å². The SMILES string of the molecule is C=C1CC[C@H](Br)C(C)(C)[C@]12CCC1(C)C(Br)CC(O)C(C)(O)C1C2. The van der Waals surface area contributed by atoms with Crippen molar-refractivity contribution in [2.45, 2.75) is 87.6 Å². The second-order valence-electron chi connectivity index (χ2n) is 9.62. The Morgan fingerprint density at radius 2 is 1.71 bits per heavy atom.